The molecule has 1 aliphatic heterocycles. The molecule has 4 nitrogen and oxygen atoms in total. The summed E-state index contributed by atoms with van der Waals surface area (Å²) >= 11 is 7.30. The fourth-order valence-electron chi connectivity index (χ4n) is 2.03. The number of hydrogen-bond donors (Lipinski definition) is 1. The maximum Gasteiger partial charge on any atom is 0.230 e. The van der Waals surface area contributed by atoms with Gasteiger partial charge in [-0.25, -0.2) is 4.98 Å². The van der Waals surface area contributed by atoms with Gasteiger partial charge in [-0.2, -0.15) is 0 Å². The van der Waals surface area contributed by atoms with Gasteiger partial charge in [-0.1, -0.05) is 35.1 Å². The first kappa shape index (κ1) is 13.5. The van der Waals surface area contributed by atoms with Crippen LogP contribution in [0.15, 0.2) is 24.3 Å². The standard InChI is InChI=1S/C14H13ClN2O2S/c15-10-3-1-9(2-4-10)7-13(18)17-14-16-11-5-6-19-8-12(11)20-14/h1-4H,5-8H2,(H,16,17,18). The quantitative estimate of drug-likeness (QED) is 0.948. The summed E-state index contributed by atoms with van der Waals surface area (Å²) in [6, 6.07) is 7.26. The lowest BCUT2D eigenvalue weighted by molar-refractivity contribution is -0.115. The van der Waals surface area contributed by atoms with Crippen molar-refractivity contribution in [3.8, 4) is 0 Å². The van der Waals surface area contributed by atoms with Gasteiger partial charge in [0.15, 0.2) is 5.13 Å². The van der Waals surface area contributed by atoms with Crippen LogP contribution in [0.4, 0.5) is 5.13 Å². The molecule has 0 saturated heterocycles. The highest BCUT2D eigenvalue weighted by Gasteiger charge is 2.16. The summed E-state index contributed by atoms with van der Waals surface area (Å²) < 4.78 is 5.37. The highest BCUT2D eigenvalue weighted by molar-refractivity contribution is 7.15. The first-order chi connectivity index (χ1) is 9.70. The minimum atomic E-state index is -0.0701. The van der Waals surface area contributed by atoms with Crippen LogP contribution in [-0.2, 0) is 29.0 Å². The highest BCUT2D eigenvalue weighted by Crippen LogP contribution is 2.27. The number of thiazole rings is 1. The molecule has 104 valence electrons. The lowest BCUT2D eigenvalue weighted by Gasteiger charge is -2.08. The second kappa shape index (κ2) is 5.91. The number of ether oxygens (including phenoxy) is 1. The van der Waals surface area contributed by atoms with E-state index in [-0.39, 0.29) is 5.91 Å². The molecule has 0 spiro atoms. The SMILES string of the molecule is O=C(Cc1ccc(Cl)cc1)Nc1nc2c(s1)COCC2. The van der Waals surface area contributed by atoms with Crippen molar-refractivity contribution in [2.75, 3.05) is 11.9 Å². The van der Waals surface area contributed by atoms with Crippen molar-refractivity contribution in [2.24, 2.45) is 0 Å². The van der Waals surface area contributed by atoms with Crippen molar-refractivity contribution in [3.05, 3.63) is 45.4 Å². The first-order valence-electron chi connectivity index (χ1n) is 6.31. The van der Waals surface area contributed by atoms with Gasteiger partial charge < -0.3 is 10.1 Å². The minimum Gasteiger partial charge on any atom is -0.375 e. The molecule has 0 atom stereocenters. The zero-order valence-electron chi connectivity index (χ0n) is 10.7. The number of aromatic nitrogens is 1. The number of hydrogen-bond acceptors (Lipinski definition) is 4. The second-order valence-electron chi connectivity index (χ2n) is 4.54. The Bertz CT molecular complexity index is 601. The van der Waals surface area contributed by atoms with Gasteiger partial charge in [-0.05, 0) is 17.7 Å². The molecular formula is C14H13ClN2O2S. The molecule has 0 saturated carbocycles. The molecule has 2 aromatic rings. The molecule has 2 heterocycles. The number of amides is 1. The van der Waals surface area contributed by atoms with E-state index in [1.807, 2.05) is 12.1 Å². The Labute approximate surface area is 125 Å². The molecule has 1 aromatic carbocycles. The van der Waals surface area contributed by atoms with Gasteiger partial charge >= 0.3 is 0 Å². The van der Waals surface area contributed by atoms with Crippen molar-refractivity contribution in [1.82, 2.24) is 4.98 Å². The third-order valence-corrected chi connectivity index (χ3v) is 4.26. The Morgan fingerprint density at radius 2 is 2.20 bits per heavy atom. The third kappa shape index (κ3) is 3.17. The van der Waals surface area contributed by atoms with Crippen molar-refractivity contribution in [1.29, 1.82) is 0 Å². The summed E-state index contributed by atoms with van der Waals surface area (Å²) in [4.78, 5) is 17.5. The van der Waals surface area contributed by atoms with Gasteiger partial charge in [0, 0.05) is 11.4 Å². The number of carbonyl (C=O) groups is 1. The number of nitrogens with one attached hydrogen (secondary N) is 1. The molecule has 1 aliphatic rings. The summed E-state index contributed by atoms with van der Waals surface area (Å²) in [7, 11) is 0. The van der Waals surface area contributed by atoms with E-state index in [1.165, 1.54) is 11.3 Å². The topological polar surface area (TPSA) is 51.2 Å². The Morgan fingerprint density at radius 1 is 1.40 bits per heavy atom. The first-order valence-corrected chi connectivity index (χ1v) is 7.51. The normalized spacial score (nSPS) is 13.8. The number of anilines is 1. The number of rotatable bonds is 3. The van der Waals surface area contributed by atoms with Crippen LogP contribution in [0.3, 0.4) is 0 Å². The van der Waals surface area contributed by atoms with Crippen molar-refractivity contribution >= 4 is 34.0 Å². The van der Waals surface area contributed by atoms with Gasteiger partial charge in [-0.3, -0.25) is 4.79 Å². The zero-order chi connectivity index (χ0) is 13.9. The Balaban J connectivity index is 1.63. The molecule has 6 heteroatoms. The summed E-state index contributed by atoms with van der Waals surface area (Å²) in [5, 5.41) is 4.16. The fourth-order valence-corrected chi connectivity index (χ4v) is 3.12. The molecular weight excluding hydrogens is 296 g/mol. The van der Waals surface area contributed by atoms with Crippen LogP contribution in [0.25, 0.3) is 0 Å². The fraction of sp³-hybridized carbons (Fsp3) is 0.286. The largest absolute Gasteiger partial charge is 0.375 e. The molecule has 0 unspecified atom stereocenters. The number of benzene rings is 1. The van der Waals surface area contributed by atoms with E-state index in [4.69, 9.17) is 16.3 Å². The van der Waals surface area contributed by atoms with Crippen molar-refractivity contribution < 1.29 is 9.53 Å². The van der Waals surface area contributed by atoms with E-state index < -0.39 is 0 Å². The number of halogens is 1. The molecule has 0 bridgehead atoms. The lowest BCUT2D eigenvalue weighted by atomic mass is 10.1. The van der Waals surface area contributed by atoms with Crippen LogP contribution in [-0.4, -0.2) is 17.5 Å². The van der Waals surface area contributed by atoms with E-state index in [9.17, 15) is 4.79 Å². The molecule has 1 aromatic heterocycles. The predicted octanol–water partition coefficient (Wildman–Crippen LogP) is 3.05. The maximum atomic E-state index is 12.0. The number of fused-ring (bicyclic) bond motifs is 1. The Morgan fingerprint density at radius 3 is 2.95 bits per heavy atom. The van der Waals surface area contributed by atoms with E-state index in [0.29, 0.717) is 29.8 Å². The van der Waals surface area contributed by atoms with E-state index >= 15 is 0 Å². The van der Waals surface area contributed by atoms with Crippen LogP contribution in [0, 0.1) is 0 Å². The van der Waals surface area contributed by atoms with Gasteiger partial charge in [0.25, 0.3) is 0 Å². The Kier molecular flexibility index (Phi) is 4.00. The van der Waals surface area contributed by atoms with E-state index in [1.54, 1.807) is 12.1 Å². The zero-order valence-corrected chi connectivity index (χ0v) is 12.3. The van der Waals surface area contributed by atoms with Gasteiger partial charge in [0.05, 0.1) is 30.2 Å². The average molecular weight is 309 g/mol. The number of carbonyl (C=O) groups excluding carboxylic acids is 1. The van der Waals surface area contributed by atoms with Crippen molar-refractivity contribution in [3.63, 3.8) is 0 Å². The van der Waals surface area contributed by atoms with Crippen LogP contribution < -0.4 is 5.32 Å². The van der Waals surface area contributed by atoms with Gasteiger partial charge in [-0.15, -0.1) is 0 Å². The molecule has 0 radical (unpaired) electrons. The average Bonchev–Trinajstić information content (AvgIpc) is 2.83. The molecule has 20 heavy (non-hydrogen) atoms. The predicted molar refractivity (Wildman–Crippen MR) is 79.3 cm³/mol. The van der Waals surface area contributed by atoms with Crippen molar-refractivity contribution in [2.45, 2.75) is 19.4 Å². The summed E-state index contributed by atoms with van der Waals surface area (Å²) in [5.74, 6) is -0.0701. The van der Waals surface area contributed by atoms with E-state index in [2.05, 4.69) is 10.3 Å². The van der Waals surface area contributed by atoms with Crippen LogP contribution >= 0.6 is 22.9 Å². The smallest absolute Gasteiger partial charge is 0.230 e. The lowest BCUT2D eigenvalue weighted by Crippen LogP contribution is -2.14. The maximum absolute atomic E-state index is 12.0. The summed E-state index contributed by atoms with van der Waals surface area (Å²) in [6.45, 7) is 1.30. The van der Waals surface area contributed by atoms with Gasteiger partial charge in [0.1, 0.15) is 0 Å². The molecule has 1 amide bonds. The Hall–Kier alpha value is -1.43. The number of nitrogens with zero attached hydrogens (tertiary/aromatic N) is 1. The van der Waals surface area contributed by atoms with Crippen LogP contribution in [0.1, 0.15) is 16.1 Å². The summed E-state index contributed by atoms with van der Waals surface area (Å²) in [5.41, 5.74) is 1.97. The highest BCUT2D eigenvalue weighted by atomic mass is 35.5. The molecule has 3 rings (SSSR count). The second-order valence-corrected chi connectivity index (χ2v) is 6.06. The molecule has 0 fully saturated rings. The van der Waals surface area contributed by atoms with E-state index in [0.717, 1.165) is 22.6 Å². The van der Waals surface area contributed by atoms with Crippen LogP contribution in [0.5, 0.6) is 0 Å². The summed E-state index contributed by atoms with van der Waals surface area (Å²) in [6.07, 6.45) is 1.14. The monoisotopic (exact) mass is 308 g/mol. The van der Waals surface area contributed by atoms with Gasteiger partial charge in [0.2, 0.25) is 5.91 Å². The molecule has 1 N–H and O–H groups in total. The molecule has 0 aliphatic carbocycles. The minimum absolute atomic E-state index is 0.0701. The van der Waals surface area contributed by atoms with Crippen LogP contribution in [0.2, 0.25) is 5.02 Å². The third-order valence-electron chi connectivity index (χ3n) is 3.02.